The summed E-state index contributed by atoms with van der Waals surface area (Å²) >= 11 is 5.67. The Hall–Kier alpha value is -0.900. The number of para-hydroxylation sites is 1. The second-order valence-corrected chi connectivity index (χ2v) is 3.56. The van der Waals surface area contributed by atoms with Crippen molar-refractivity contribution in [2.24, 2.45) is 0 Å². The fourth-order valence-corrected chi connectivity index (χ4v) is 1.59. The first-order valence-electron chi connectivity index (χ1n) is 4.28. The summed E-state index contributed by atoms with van der Waals surface area (Å²) in [5, 5.41) is -1.11. The van der Waals surface area contributed by atoms with Crippen LogP contribution in [-0.2, 0) is 0 Å². The fraction of sp³-hybridized carbons (Fsp3) is 0.400. The molecule has 0 saturated carbocycles. The number of benzene rings is 1. The maximum absolute atomic E-state index is 12.1. The minimum atomic E-state index is -4.27. The zero-order valence-corrected chi connectivity index (χ0v) is 8.77. The van der Waals surface area contributed by atoms with Gasteiger partial charge >= 0.3 is 6.18 Å². The predicted molar refractivity (Wildman–Crippen MR) is 52.3 cm³/mol. The molecule has 1 atom stereocenters. The van der Waals surface area contributed by atoms with E-state index in [0.717, 1.165) is 0 Å². The minimum absolute atomic E-state index is 0.360. The van der Waals surface area contributed by atoms with E-state index in [0.29, 0.717) is 11.3 Å². The Labute approximate surface area is 90.8 Å². The van der Waals surface area contributed by atoms with Crippen LogP contribution in [0, 0.1) is 0 Å². The zero-order valence-electron chi connectivity index (χ0n) is 8.01. The molecule has 0 heterocycles. The molecule has 0 amide bonds. The highest BCUT2D eigenvalue weighted by Gasteiger charge is 2.32. The minimum Gasteiger partial charge on any atom is -0.496 e. The fourth-order valence-electron chi connectivity index (χ4n) is 1.24. The molecule has 84 valence electrons. The van der Waals surface area contributed by atoms with Gasteiger partial charge in [0.15, 0.2) is 0 Å². The van der Waals surface area contributed by atoms with Gasteiger partial charge in [0.2, 0.25) is 0 Å². The van der Waals surface area contributed by atoms with Gasteiger partial charge in [-0.15, -0.1) is 11.6 Å². The van der Waals surface area contributed by atoms with Gasteiger partial charge in [0.1, 0.15) is 5.75 Å². The van der Waals surface area contributed by atoms with E-state index in [1.54, 1.807) is 18.2 Å². The number of methoxy groups -OCH3 is 1. The van der Waals surface area contributed by atoms with E-state index in [9.17, 15) is 13.2 Å². The summed E-state index contributed by atoms with van der Waals surface area (Å²) in [5.74, 6) is 0.377. The molecule has 0 bridgehead atoms. The van der Waals surface area contributed by atoms with Gasteiger partial charge in [-0.05, 0) is 6.07 Å². The van der Waals surface area contributed by atoms with Crippen LogP contribution in [0.1, 0.15) is 17.4 Å². The standard InChI is InChI=1S/C10H10ClF3O/c1-15-9-5-3-2-4-7(9)8(11)6-10(12,13)14/h2-5,8H,6H2,1H3. The highest BCUT2D eigenvalue weighted by molar-refractivity contribution is 6.21. The molecule has 15 heavy (non-hydrogen) atoms. The van der Waals surface area contributed by atoms with Gasteiger partial charge < -0.3 is 4.74 Å². The van der Waals surface area contributed by atoms with Gasteiger partial charge in [-0.25, -0.2) is 0 Å². The second-order valence-electron chi connectivity index (χ2n) is 3.03. The lowest BCUT2D eigenvalue weighted by Crippen LogP contribution is -2.11. The van der Waals surface area contributed by atoms with E-state index >= 15 is 0 Å². The molecule has 5 heteroatoms. The van der Waals surface area contributed by atoms with Crippen LogP contribution in [0.15, 0.2) is 24.3 Å². The molecule has 0 aromatic heterocycles. The SMILES string of the molecule is COc1ccccc1C(Cl)CC(F)(F)F. The average molecular weight is 239 g/mol. The van der Waals surface area contributed by atoms with Crippen molar-refractivity contribution in [1.82, 2.24) is 0 Å². The third kappa shape index (κ3) is 3.63. The monoisotopic (exact) mass is 238 g/mol. The first-order chi connectivity index (χ1) is 6.94. The lowest BCUT2D eigenvalue weighted by molar-refractivity contribution is -0.134. The quantitative estimate of drug-likeness (QED) is 0.725. The van der Waals surface area contributed by atoms with Gasteiger partial charge in [0.05, 0.1) is 18.9 Å². The normalized spacial score (nSPS) is 13.7. The Morgan fingerprint density at radius 2 is 1.93 bits per heavy atom. The van der Waals surface area contributed by atoms with E-state index < -0.39 is 18.0 Å². The summed E-state index contributed by atoms with van der Waals surface area (Å²) in [5.41, 5.74) is 0.360. The Bertz CT molecular complexity index is 325. The molecule has 0 aliphatic heterocycles. The van der Waals surface area contributed by atoms with Crippen LogP contribution in [-0.4, -0.2) is 13.3 Å². The molecule has 1 aromatic carbocycles. The topological polar surface area (TPSA) is 9.23 Å². The van der Waals surface area contributed by atoms with E-state index in [2.05, 4.69) is 0 Å². The van der Waals surface area contributed by atoms with Crippen molar-refractivity contribution < 1.29 is 17.9 Å². The number of rotatable bonds is 3. The van der Waals surface area contributed by atoms with Gasteiger partial charge in [0, 0.05) is 5.56 Å². The Morgan fingerprint density at radius 3 is 2.47 bits per heavy atom. The van der Waals surface area contributed by atoms with Crippen LogP contribution in [0.5, 0.6) is 5.75 Å². The first-order valence-corrected chi connectivity index (χ1v) is 4.71. The highest BCUT2D eigenvalue weighted by Crippen LogP contribution is 2.37. The molecule has 0 spiro atoms. The van der Waals surface area contributed by atoms with Gasteiger partial charge in [-0.1, -0.05) is 18.2 Å². The number of hydrogen-bond acceptors (Lipinski definition) is 1. The van der Waals surface area contributed by atoms with Crippen molar-refractivity contribution in [2.75, 3.05) is 7.11 Å². The van der Waals surface area contributed by atoms with Gasteiger partial charge in [0.25, 0.3) is 0 Å². The third-order valence-corrected chi connectivity index (χ3v) is 2.28. The largest absolute Gasteiger partial charge is 0.496 e. The van der Waals surface area contributed by atoms with Crippen molar-refractivity contribution >= 4 is 11.6 Å². The average Bonchev–Trinajstić information content (AvgIpc) is 2.15. The summed E-state index contributed by atoms with van der Waals surface area (Å²) in [6.07, 6.45) is -5.33. The van der Waals surface area contributed by atoms with Crippen molar-refractivity contribution in [3.05, 3.63) is 29.8 Å². The smallest absolute Gasteiger partial charge is 0.390 e. The maximum atomic E-state index is 12.1. The number of alkyl halides is 4. The van der Waals surface area contributed by atoms with Crippen LogP contribution in [0.3, 0.4) is 0 Å². The van der Waals surface area contributed by atoms with Crippen molar-refractivity contribution in [3.8, 4) is 5.75 Å². The van der Waals surface area contributed by atoms with Gasteiger partial charge in [-0.2, -0.15) is 13.2 Å². The zero-order chi connectivity index (χ0) is 11.5. The van der Waals surface area contributed by atoms with E-state index in [-0.39, 0.29) is 0 Å². The number of halogens is 4. The highest BCUT2D eigenvalue weighted by atomic mass is 35.5. The maximum Gasteiger partial charge on any atom is 0.390 e. The van der Waals surface area contributed by atoms with Gasteiger partial charge in [-0.3, -0.25) is 0 Å². The van der Waals surface area contributed by atoms with Crippen molar-refractivity contribution in [3.63, 3.8) is 0 Å². The Balaban J connectivity index is 2.86. The summed E-state index contributed by atoms with van der Waals surface area (Å²) in [6, 6.07) is 6.42. The number of hydrogen-bond donors (Lipinski definition) is 0. The molecule has 0 aliphatic rings. The molecule has 0 radical (unpaired) electrons. The Kier molecular flexibility index (Phi) is 3.85. The first kappa shape index (κ1) is 12.2. The Morgan fingerprint density at radius 1 is 1.33 bits per heavy atom. The van der Waals surface area contributed by atoms with Crippen LogP contribution < -0.4 is 4.74 Å². The lowest BCUT2D eigenvalue weighted by Gasteiger charge is -2.15. The molecule has 1 aromatic rings. The van der Waals surface area contributed by atoms with E-state index in [1.165, 1.54) is 13.2 Å². The number of ether oxygens (including phenoxy) is 1. The molecule has 1 rings (SSSR count). The van der Waals surface area contributed by atoms with Crippen LogP contribution in [0.2, 0.25) is 0 Å². The predicted octanol–water partition coefficient (Wildman–Crippen LogP) is 3.93. The van der Waals surface area contributed by atoms with Crippen molar-refractivity contribution in [1.29, 1.82) is 0 Å². The summed E-state index contributed by atoms with van der Waals surface area (Å²) in [7, 11) is 1.40. The van der Waals surface area contributed by atoms with E-state index in [1.807, 2.05) is 0 Å². The molecule has 0 saturated heterocycles. The lowest BCUT2D eigenvalue weighted by atomic mass is 10.1. The molecule has 1 unspecified atom stereocenters. The van der Waals surface area contributed by atoms with Crippen LogP contribution in [0.25, 0.3) is 0 Å². The second kappa shape index (κ2) is 4.75. The molecular weight excluding hydrogens is 229 g/mol. The summed E-state index contributed by atoms with van der Waals surface area (Å²) < 4.78 is 41.2. The van der Waals surface area contributed by atoms with E-state index in [4.69, 9.17) is 16.3 Å². The third-order valence-electron chi connectivity index (χ3n) is 1.89. The van der Waals surface area contributed by atoms with Crippen LogP contribution >= 0.6 is 11.6 Å². The van der Waals surface area contributed by atoms with Crippen molar-refractivity contribution in [2.45, 2.75) is 18.0 Å². The molecule has 0 fully saturated rings. The molecule has 1 nitrogen and oxygen atoms in total. The molecular formula is C10H10ClF3O. The van der Waals surface area contributed by atoms with Crippen LogP contribution in [0.4, 0.5) is 13.2 Å². The summed E-state index contributed by atoms with van der Waals surface area (Å²) in [6.45, 7) is 0. The summed E-state index contributed by atoms with van der Waals surface area (Å²) in [4.78, 5) is 0. The molecule has 0 N–H and O–H groups in total. The molecule has 0 aliphatic carbocycles.